The zero-order valence-electron chi connectivity index (χ0n) is 21.1. The summed E-state index contributed by atoms with van der Waals surface area (Å²) < 4.78 is 65.4. The van der Waals surface area contributed by atoms with Gasteiger partial charge in [-0.1, -0.05) is 12.1 Å². The van der Waals surface area contributed by atoms with Crippen molar-refractivity contribution in [2.24, 2.45) is 0 Å². The third-order valence-electron chi connectivity index (χ3n) is 6.06. The van der Waals surface area contributed by atoms with Gasteiger partial charge in [-0.05, 0) is 25.1 Å². The van der Waals surface area contributed by atoms with Crippen molar-refractivity contribution in [3.63, 3.8) is 0 Å². The number of likely N-dealkylation sites (tertiary alicyclic amines) is 1. The molecule has 3 amide bonds. The van der Waals surface area contributed by atoms with E-state index in [0.29, 0.717) is 28.0 Å². The number of amides is 3. The maximum Gasteiger partial charge on any atom is 0.405 e. The number of nitrogens with zero attached hydrogens (tertiary/aromatic N) is 4. The van der Waals surface area contributed by atoms with Gasteiger partial charge in [0.1, 0.15) is 12.6 Å². The lowest BCUT2D eigenvalue weighted by atomic mass is 10.1. The van der Waals surface area contributed by atoms with Crippen LogP contribution in [0.15, 0.2) is 48.9 Å². The number of nitrogens with one attached hydrogen (secondary N) is 4. The molecule has 212 valence electrons. The van der Waals surface area contributed by atoms with Crippen LogP contribution in [0.2, 0.25) is 0 Å². The molecule has 1 aliphatic rings. The molecule has 1 aromatic carbocycles. The molecule has 1 fully saturated rings. The highest BCUT2D eigenvalue weighted by atomic mass is 19.4. The molecule has 1 atom stereocenters. The molecule has 1 saturated heterocycles. The Labute approximate surface area is 224 Å². The molecule has 0 radical (unpaired) electrons. The second-order valence-electron chi connectivity index (χ2n) is 9.16. The largest absolute Gasteiger partial charge is 0.405 e. The Morgan fingerprint density at radius 3 is 2.67 bits per heavy atom. The van der Waals surface area contributed by atoms with Crippen molar-refractivity contribution in [3.8, 4) is 11.3 Å². The topological polar surface area (TPSA) is 128 Å². The monoisotopic (exact) mass is 564 g/mol. The average Bonchev–Trinajstić information content (AvgIpc) is 3.49. The standard InChI is InChI=1S/C25H25F5N8O2/c1-15(22(39)37-6-5-24(26,27)14-37)32-10-18(9-31)17-8-21-33-12-20(38(21)35-11-17)16-3-2-4-19(7-16)36-23(40)34-13-25(28,29)30/h2-4,7-12,15,31-32H,5-6,13-14H2,1H3,(H2,34,36,40)/b18-10+,31-9?. The van der Waals surface area contributed by atoms with Crippen LogP contribution in [0.4, 0.5) is 32.4 Å². The Morgan fingerprint density at radius 1 is 1.23 bits per heavy atom. The lowest BCUT2D eigenvalue weighted by Crippen LogP contribution is -2.43. The predicted octanol–water partition coefficient (Wildman–Crippen LogP) is 3.92. The first-order valence-corrected chi connectivity index (χ1v) is 12.0. The van der Waals surface area contributed by atoms with Gasteiger partial charge in [0.25, 0.3) is 5.92 Å². The first-order valence-electron chi connectivity index (χ1n) is 12.0. The smallest absolute Gasteiger partial charge is 0.379 e. The lowest BCUT2D eigenvalue weighted by molar-refractivity contribution is -0.133. The molecule has 3 aromatic rings. The number of anilines is 1. The molecule has 0 spiro atoms. The van der Waals surface area contributed by atoms with Crippen LogP contribution in [-0.2, 0) is 4.79 Å². The summed E-state index contributed by atoms with van der Waals surface area (Å²) in [6, 6.07) is 6.22. The SMILES string of the molecule is CC(N/C=C(\C=N)c1cnn2c(-c3cccc(NC(=O)NCC(F)(F)F)c3)cnc2c1)C(=O)N1CCC(F)(F)C1. The fourth-order valence-corrected chi connectivity index (χ4v) is 4.04. The number of carbonyl (C=O) groups excluding carboxylic acids is 2. The van der Waals surface area contributed by atoms with Crippen LogP contribution in [0, 0.1) is 5.41 Å². The molecular weight excluding hydrogens is 539 g/mol. The molecule has 2 aromatic heterocycles. The first-order chi connectivity index (χ1) is 18.8. The summed E-state index contributed by atoms with van der Waals surface area (Å²) in [5.74, 6) is -3.36. The van der Waals surface area contributed by atoms with E-state index in [4.69, 9.17) is 5.41 Å². The number of fused-ring (bicyclic) bond motifs is 1. The second kappa shape index (κ2) is 11.3. The number of alkyl halides is 5. The lowest BCUT2D eigenvalue weighted by Gasteiger charge is -2.21. The van der Waals surface area contributed by atoms with Gasteiger partial charge in [0, 0.05) is 47.8 Å². The predicted molar refractivity (Wildman–Crippen MR) is 137 cm³/mol. The number of rotatable bonds is 8. The van der Waals surface area contributed by atoms with Gasteiger partial charge in [0.15, 0.2) is 5.65 Å². The van der Waals surface area contributed by atoms with Gasteiger partial charge >= 0.3 is 12.2 Å². The summed E-state index contributed by atoms with van der Waals surface area (Å²) in [7, 11) is 0. The van der Waals surface area contributed by atoms with E-state index < -0.39 is 43.2 Å². The van der Waals surface area contributed by atoms with E-state index >= 15 is 0 Å². The normalized spacial score (nSPS) is 16.1. The van der Waals surface area contributed by atoms with Crippen LogP contribution in [0.5, 0.6) is 0 Å². The van der Waals surface area contributed by atoms with Crippen LogP contribution in [0.3, 0.4) is 0 Å². The van der Waals surface area contributed by atoms with E-state index in [-0.39, 0.29) is 18.7 Å². The van der Waals surface area contributed by atoms with Gasteiger partial charge in [0.05, 0.1) is 24.6 Å². The van der Waals surface area contributed by atoms with E-state index in [0.717, 1.165) is 11.1 Å². The van der Waals surface area contributed by atoms with Crippen molar-refractivity contribution in [2.45, 2.75) is 31.5 Å². The minimum atomic E-state index is -4.53. The summed E-state index contributed by atoms with van der Waals surface area (Å²) in [6.45, 7) is -0.563. The van der Waals surface area contributed by atoms with Gasteiger partial charge < -0.3 is 26.3 Å². The van der Waals surface area contributed by atoms with Crippen molar-refractivity contribution in [1.29, 1.82) is 5.41 Å². The maximum absolute atomic E-state index is 13.5. The third-order valence-corrected chi connectivity index (χ3v) is 6.06. The van der Waals surface area contributed by atoms with E-state index in [1.54, 1.807) is 36.5 Å². The van der Waals surface area contributed by atoms with Crippen LogP contribution in [0.25, 0.3) is 22.5 Å². The molecule has 3 heterocycles. The van der Waals surface area contributed by atoms with Crippen molar-refractivity contribution < 1.29 is 31.5 Å². The summed E-state index contributed by atoms with van der Waals surface area (Å²) in [5.41, 5.74) is 2.63. The Morgan fingerprint density at radius 2 is 2.00 bits per heavy atom. The quantitative estimate of drug-likeness (QED) is 0.244. The highest BCUT2D eigenvalue weighted by molar-refractivity contribution is 6.08. The van der Waals surface area contributed by atoms with E-state index in [1.165, 1.54) is 29.2 Å². The van der Waals surface area contributed by atoms with Gasteiger partial charge in [0.2, 0.25) is 5.91 Å². The number of carbonyl (C=O) groups is 2. The first kappa shape index (κ1) is 28.4. The molecule has 10 nitrogen and oxygen atoms in total. The molecule has 4 rings (SSSR count). The Kier molecular flexibility index (Phi) is 8.02. The highest BCUT2D eigenvalue weighted by Crippen LogP contribution is 2.27. The molecule has 0 saturated carbocycles. The third kappa shape index (κ3) is 6.90. The Bertz CT molecular complexity index is 1450. The number of benzene rings is 1. The number of allylic oxidation sites excluding steroid dienone is 1. The molecule has 40 heavy (non-hydrogen) atoms. The number of hydrogen-bond donors (Lipinski definition) is 4. The van der Waals surface area contributed by atoms with Crippen molar-refractivity contribution in [3.05, 3.63) is 54.5 Å². The maximum atomic E-state index is 13.5. The number of hydrogen-bond acceptors (Lipinski definition) is 6. The molecule has 0 bridgehead atoms. The molecule has 4 N–H and O–H groups in total. The summed E-state index contributed by atoms with van der Waals surface area (Å²) in [4.78, 5) is 29.7. The van der Waals surface area contributed by atoms with Gasteiger partial charge in [-0.2, -0.15) is 18.3 Å². The van der Waals surface area contributed by atoms with Crippen molar-refractivity contribution in [1.82, 2.24) is 30.1 Å². The highest BCUT2D eigenvalue weighted by Gasteiger charge is 2.41. The molecule has 15 heteroatoms. The minimum Gasteiger partial charge on any atom is -0.379 e. The molecule has 1 aliphatic heterocycles. The molecule has 1 unspecified atom stereocenters. The number of imidazole rings is 1. The van der Waals surface area contributed by atoms with E-state index in [9.17, 15) is 31.5 Å². The van der Waals surface area contributed by atoms with Crippen LogP contribution in [-0.4, -0.2) is 75.4 Å². The molecular formula is C25H25F5N8O2. The van der Waals surface area contributed by atoms with Gasteiger partial charge in [-0.25, -0.2) is 23.1 Å². The Balaban J connectivity index is 1.47. The molecule has 0 aliphatic carbocycles. The van der Waals surface area contributed by atoms with Crippen LogP contribution in [0.1, 0.15) is 18.9 Å². The van der Waals surface area contributed by atoms with Crippen LogP contribution >= 0.6 is 0 Å². The van der Waals surface area contributed by atoms with Gasteiger partial charge in [-0.15, -0.1) is 0 Å². The fourth-order valence-electron chi connectivity index (χ4n) is 4.04. The Hall–Kier alpha value is -4.56. The van der Waals surface area contributed by atoms with Crippen LogP contribution < -0.4 is 16.0 Å². The zero-order valence-corrected chi connectivity index (χ0v) is 21.1. The van der Waals surface area contributed by atoms with Gasteiger partial charge in [-0.3, -0.25) is 4.79 Å². The number of aromatic nitrogens is 3. The zero-order chi connectivity index (χ0) is 29.1. The summed E-state index contributed by atoms with van der Waals surface area (Å²) >= 11 is 0. The minimum absolute atomic E-state index is 0.0218. The fraction of sp³-hybridized carbons (Fsp3) is 0.320. The second-order valence-corrected chi connectivity index (χ2v) is 9.16. The number of urea groups is 1. The number of halogens is 5. The van der Waals surface area contributed by atoms with E-state index in [1.807, 2.05) is 0 Å². The average molecular weight is 565 g/mol. The van der Waals surface area contributed by atoms with E-state index in [2.05, 4.69) is 20.7 Å². The summed E-state index contributed by atoms with van der Waals surface area (Å²) in [6.07, 6.45) is 0.561. The summed E-state index contributed by atoms with van der Waals surface area (Å²) in [5, 5.41) is 19.1. The van der Waals surface area contributed by atoms with Crippen molar-refractivity contribution >= 4 is 35.1 Å². The van der Waals surface area contributed by atoms with Crippen molar-refractivity contribution in [2.75, 3.05) is 25.0 Å².